The van der Waals surface area contributed by atoms with Crippen molar-refractivity contribution in [1.29, 1.82) is 0 Å². The Labute approximate surface area is 112 Å². The fourth-order valence-electron chi connectivity index (χ4n) is 2.24. The molecule has 0 unspecified atom stereocenters. The van der Waals surface area contributed by atoms with Crippen molar-refractivity contribution in [2.45, 2.75) is 39.5 Å². The van der Waals surface area contributed by atoms with Crippen LogP contribution in [0.4, 0.5) is 5.82 Å². The van der Waals surface area contributed by atoms with Gasteiger partial charge in [0.15, 0.2) is 5.82 Å². The second-order valence-electron chi connectivity index (χ2n) is 5.01. The third-order valence-corrected chi connectivity index (χ3v) is 3.36. The van der Waals surface area contributed by atoms with Gasteiger partial charge in [-0.25, -0.2) is 9.97 Å². The van der Waals surface area contributed by atoms with Gasteiger partial charge in [0.25, 0.3) is 0 Å². The molecule has 0 amide bonds. The minimum absolute atomic E-state index is 0.597. The molecular weight excluding hydrogens is 240 g/mol. The van der Waals surface area contributed by atoms with Crippen LogP contribution in [0.3, 0.4) is 0 Å². The van der Waals surface area contributed by atoms with Crippen LogP contribution >= 0.6 is 0 Å². The number of aryl methyl sites for hydroxylation is 2. The summed E-state index contributed by atoms with van der Waals surface area (Å²) in [7, 11) is 0. The molecule has 1 fully saturated rings. The molecule has 1 N–H and O–H groups in total. The van der Waals surface area contributed by atoms with Crippen molar-refractivity contribution in [3.8, 4) is 11.4 Å². The SMILES string of the molecule is CCNc1cc(C2CC2)nc(-c2c(C)noc2C)n1. The second kappa shape index (κ2) is 4.64. The molecule has 5 nitrogen and oxygen atoms in total. The summed E-state index contributed by atoms with van der Waals surface area (Å²) in [5.41, 5.74) is 2.88. The Balaban J connectivity index is 2.09. The summed E-state index contributed by atoms with van der Waals surface area (Å²) in [4.78, 5) is 9.27. The molecule has 0 bridgehead atoms. The molecule has 100 valence electrons. The number of nitrogens with one attached hydrogen (secondary N) is 1. The quantitative estimate of drug-likeness (QED) is 0.913. The maximum Gasteiger partial charge on any atom is 0.167 e. The number of aromatic nitrogens is 3. The molecule has 2 heterocycles. The van der Waals surface area contributed by atoms with Gasteiger partial charge in [-0.15, -0.1) is 0 Å². The van der Waals surface area contributed by atoms with Crippen LogP contribution in [0.5, 0.6) is 0 Å². The van der Waals surface area contributed by atoms with Gasteiger partial charge in [0, 0.05) is 24.2 Å². The number of rotatable bonds is 4. The van der Waals surface area contributed by atoms with Crippen molar-refractivity contribution in [3.05, 3.63) is 23.2 Å². The van der Waals surface area contributed by atoms with Gasteiger partial charge in [-0.3, -0.25) is 0 Å². The summed E-state index contributed by atoms with van der Waals surface area (Å²) in [5.74, 6) is 2.97. The lowest BCUT2D eigenvalue weighted by atomic mass is 10.1. The van der Waals surface area contributed by atoms with Gasteiger partial charge in [0.2, 0.25) is 0 Å². The lowest BCUT2D eigenvalue weighted by molar-refractivity contribution is 0.393. The van der Waals surface area contributed by atoms with Crippen molar-refractivity contribution in [2.24, 2.45) is 0 Å². The van der Waals surface area contributed by atoms with Crippen LogP contribution in [0.25, 0.3) is 11.4 Å². The maximum absolute atomic E-state index is 5.22. The van der Waals surface area contributed by atoms with E-state index in [0.29, 0.717) is 5.92 Å². The van der Waals surface area contributed by atoms with Gasteiger partial charge in [-0.1, -0.05) is 5.16 Å². The second-order valence-corrected chi connectivity index (χ2v) is 5.01. The Morgan fingerprint density at radius 3 is 2.68 bits per heavy atom. The highest BCUT2D eigenvalue weighted by Gasteiger charge is 2.27. The lowest BCUT2D eigenvalue weighted by Gasteiger charge is -2.08. The highest BCUT2D eigenvalue weighted by molar-refractivity contribution is 5.62. The molecule has 2 aromatic rings. The van der Waals surface area contributed by atoms with E-state index >= 15 is 0 Å². The Hall–Kier alpha value is -1.91. The first kappa shape index (κ1) is 12.1. The van der Waals surface area contributed by atoms with Crippen molar-refractivity contribution in [1.82, 2.24) is 15.1 Å². The molecule has 19 heavy (non-hydrogen) atoms. The smallest absolute Gasteiger partial charge is 0.167 e. The molecular formula is C14H18N4O. The highest BCUT2D eigenvalue weighted by atomic mass is 16.5. The summed E-state index contributed by atoms with van der Waals surface area (Å²) in [5, 5.41) is 7.25. The Bertz CT molecular complexity index is 582. The summed E-state index contributed by atoms with van der Waals surface area (Å²) in [6.07, 6.45) is 2.45. The Kier molecular flexibility index (Phi) is 2.97. The standard InChI is InChI=1S/C14H18N4O/c1-4-15-12-7-11(10-5-6-10)16-14(17-12)13-8(2)18-19-9(13)3/h7,10H,4-6H2,1-3H3,(H,15,16,17). The van der Waals surface area contributed by atoms with Gasteiger partial charge in [-0.05, 0) is 33.6 Å². The van der Waals surface area contributed by atoms with Crippen LogP contribution < -0.4 is 5.32 Å². The van der Waals surface area contributed by atoms with Crippen LogP contribution in [0, 0.1) is 13.8 Å². The number of hydrogen-bond acceptors (Lipinski definition) is 5. The van der Waals surface area contributed by atoms with Crippen LogP contribution in [0.2, 0.25) is 0 Å². The molecule has 0 aromatic carbocycles. The van der Waals surface area contributed by atoms with E-state index < -0.39 is 0 Å². The summed E-state index contributed by atoms with van der Waals surface area (Å²) >= 11 is 0. The van der Waals surface area contributed by atoms with Gasteiger partial charge >= 0.3 is 0 Å². The molecule has 5 heteroatoms. The number of anilines is 1. The lowest BCUT2D eigenvalue weighted by Crippen LogP contribution is -2.04. The van der Waals surface area contributed by atoms with E-state index in [1.807, 2.05) is 13.8 Å². The van der Waals surface area contributed by atoms with E-state index in [-0.39, 0.29) is 0 Å². The van der Waals surface area contributed by atoms with E-state index in [4.69, 9.17) is 9.51 Å². The van der Waals surface area contributed by atoms with Crippen LogP contribution in [0.1, 0.15) is 42.8 Å². The van der Waals surface area contributed by atoms with E-state index in [2.05, 4.69) is 28.4 Å². The van der Waals surface area contributed by atoms with E-state index in [1.54, 1.807) is 0 Å². The molecule has 0 spiro atoms. The minimum Gasteiger partial charge on any atom is -0.370 e. The average Bonchev–Trinajstić information content (AvgIpc) is 3.16. The monoisotopic (exact) mass is 258 g/mol. The van der Waals surface area contributed by atoms with Crippen molar-refractivity contribution < 1.29 is 4.52 Å². The zero-order valence-corrected chi connectivity index (χ0v) is 11.5. The summed E-state index contributed by atoms with van der Waals surface area (Å²) < 4.78 is 5.22. The first-order valence-electron chi connectivity index (χ1n) is 6.75. The first-order valence-corrected chi connectivity index (χ1v) is 6.75. The number of hydrogen-bond donors (Lipinski definition) is 1. The third-order valence-electron chi connectivity index (χ3n) is 3.36. The van der Waals surface area contributed by atoms with Crippen LogP contribution in [-0.2, 0) is 0 Å². The molecule has 2 aromatic heterocycles. The normalized spacial score (nSPS) is 14.7. The van der Waals surface area contributed by atoms with Crippen molar-refractivity contribution >= 4 is 5.82 Å². The molecule has 3 rings (SSSR count). The van der Waals surface area contributed by atoms with Crippen molar-refractivity contribution in [2.75, 3.05) is 11.9 Å². The topological polar surface area (TPSA) is 63.8 Å². The van der Waals surface area contributed by atoms with Gasteiger partial charge < -0.3 is 9.84 Å². The minimum atomic E-state index is 0.597. The fraction of sp³-hybridized carbons (Fsp3) is 0.500. The molecule has 0 saturated heterocycles. The van der Waals surface area contributed by atoms with Gasteiger partial charge in [-0.2, -0.15) is 0 Å². The highest BCUT2D eigenvalue weighted by Crippen LogP contribution is 2.40. The van der Waals surface area contributed by atoms with E-state index in [9.17, 15) is 0 Å². The molecule has 1 aliphatic carbocycles. The zero-order chi connectivity index (χ0) is 13.4. The largest absolute Gasteiger partial charge is 0.370 e. The molecule has 0 radical (unpaired) electrons. The van der Waals surface area contributed by atoms with E-state index in [1.165, 1.54) is 12.8 Å². The molecule has 0 aliphatic heterocycles. The molecule has 1 saturated carbocycles. The third kappa shape index (κ3) is 2.32. The number of nitrogens with zero attached hydrogens (tertiary/aromatic N) is 3. The summed E-state index contributed by atoms with van der Waals surface area (Å²) in [6.45, 7) is 6.73. The Morgan fingerprint density at radius 1 is 1.32 bits per heavy atom. The predicted octanol–water partition coefficient (Wildman–Crippen LogP) is 3.06. The van der Waals surface area contributed by atoms with Crippen LogP contribution in [-0.4, -0.2) is 21.7 Å². The fourth-order valence-corrected chi connectivity index (χ4v) is 2.24. The maximum atomic E-state index is 5.22. The van der Waals surface area contributed by atoms with E-state index in [0.717, 1.165) is 40.9 Å². The Morgan fingerprint density at radius 2 is 2.11 bits per heavy atom. The predicted molar refractivity (Wildman–Crippen MR) is 73.1 cm³/mol. The molecule has 1 aliphatic rings. The van der Waals surface area contributed by atoms with Gasteiger partial charge in [0.05, 0.1) is 11.3 Å². The van der Waals surface area contributed by atoms with Crippen molar-refractivity contribution in [3.63, 3.8) is 0 Å². The average molecular weight is 258 g/mol. The molecule has 0 atom stereocenters. The van der Waals surface area contributed by atoms with Gasteiger partial charge in [0.1, 0.15) is 11.6 Å². The first-order chi connectivity index (χ1) is 9.19. The summed E-state index contributed by atoms with van der Waals surface area (Å²) in [6, 6.07) is 2.06. The van der Waals surface area contributed by atoms with Crippen LogP contribution in [0.15, 0.2) is 10.6 Å². The zero-order valence-electron chi connectivity index (χ0n) is 11.5.